The van der Waals surface area contributed by atoms with E-state index >= 15 is 0 Å². The highest BCUT2D eigenvalue weighted by Gasteiger charge is 2.19. The van der Waals surface area contributed by atoms with Crippen molar-refractivity contribution in [3.8, 4) is 5.75 Å². The molecule has 0 saturated carbocycles. The monoisotopic (exact) mass is 317 g/mol. The maximum Gasteiger partial charge on any atom is 0.258 e. The van der Waals surface area contributed by atoms with E-state index < -0.39 is 12.2 Å². The predicted octanol–water partition coefficient (Wildman–Crippen LogP) is 0.687. The maximum atomic E-state index is 11.4. The minimum atomic E-state index is -1.31. The van der Waals surface area contributed by atoms with Gasteiger partial charge in [-0.1, -0.05) is 22.0 Å². The standard InChI is InChI=1S/C12H16BrNO4/c1-12(17,8-15)7-14-11(16)6-18-10-4-2-3-9(13)5-10/h2-5,15,17H,6-8H2,1H3,(H,14,16). The number of rotatable bonds is 6. The number of carbonyl (C=O) groups is 1. The first-order chi connectivity index (χ1) is 8.43. The molecular weight excluding hydrogens is 302 g/mol. The summed E-state index contributed by atoms with van der Waals surface area (Å²) in [5, 5.41) is 20.8. The van der Waals surface area contributed by atoms with Crippen molar-refractivity contribution >= 4 is 21.8 Å². The second-order valence-electron chi connectivity index (χ2n) is 4.18. The first-order valence-electron chi connectivity index (χ1n) is 5.41. The molecule has 0 spiro atoms. The number of hydrogen-bond acceptors (Lipinski definition) is 4. The molecule has 0 heterocycles. The van der Waals surface area contributed by atoms with E-state index in [1.807, 2.05) is 6.07 Å². The lowest BCUT2D eigenvalue weighted by atomic mass is 10.1. The Hall–Kier alpha value is -1.11. The quantitative estimate of drug-likeness (QED) is 0.721. The summed E-state index contributed by atoms with van der Waals surface area (Å²) in [6.07, 6.45) is 0. The second-order valence-corrected chi connectivity index (χ2v) is 5.09. The highest BCUT2D eigenvalue weighted by atomic mass is 79.9. The van der Waals surface area contributed by atoms with Gasteiger partial charge in [-0.25, -0.2) is 0 Å². The van der Waals surface area contributed by atoms with Crippen LogP contribution in [0.1, 0.15) is 6.92 Å². The van der Waals surface area contributed by atoms with Crippen LogP contribution in [0, 0.1) is 0 Å². The first-order valence-corrected chi connectivity index (χ1v) is 6.20. The number of carbonyl (C=O) groups excluding carboxylic acids is 1. The Morgan fingerprint density at radius 1 is 1.56 bits per heavy atom. The van der Waals surface area contributed by atoms with Gasteiger partial charge in [-0.2, -0.15) is 0 Å². The molecule has 0 bridgehead atoms. The Kier molecular flexibility index (Phi) is 5.58. The van der Waals surface area contributed by atoms with Gasteiger partial charge in [0.25, 0.3) is 5.91 Å². The van der Waals surface area contributed by atoms with E-state index in [4.69, 9.17) is 9.84 Å². The number of ether oxygens (including phenoxy) is 1. The molecule has 0 aliphatic carbocycles. The Bertz CT molecular complexity index is 409. The normalized spacial score (nSPS) is 13.8. The van der Waals surface area contributed by atoms with Crippen LogP contribution >= 0.6 is 15.9 Å². The van der Waals surface area contributed by atoms with Crippen molar-refractivity contribution in [2.24, 2.45) is 0 Å². The Morgan fingerprint density at radius 3 is 2.89 bits per heavy atom. The van der Waals surface area contributed by atoms with Crippen molar-refractivity contribution in [2.75, 3.05) is 19.8 Å². The molecule has 1 unspecified atom stereocenters. The van der Waals surface area contributed by atoms with Crippen LogP contribution in [-0.4, -0.2) is 41.5 Å². The molecule has 0 aliphatic rings. The van der Waals surface area contributed by atoms with Crippen molar-refractivity contribution in [3.05, 3.63) is 28.7 Å². The molecule has 3 N–H and O–H groups in total. The molecular formula is C12H16BrNO4. The van der Waals surface area contributed by atoms with Gasteiger partial charge in [0.05, 0.1) is 6.61 Å². The highest BCUT2D eigenvalue weighted by molar-refractivity contribution is 9.10. The summed E-state index contributed by atoms with van der Waals surface area (Å²) in [6.45, 7) is 0.852. The molecule has 0 aliphatic heterocycles. The number of amides is 1. The van der Waals surface area contributed by atoms with E-state index in [1.165, 1.54) is 6.92 Å². The van der Waals surface area contributed by atoms with Gasteiger partial charge in [-0.3, -0.25) is 4.79 Å². The van der Waals surface area contributed by atoms with Crippen LogP contribution < -0.4 is 10.1 Å². The summed E-state index contributed by atoms with van der Waals surface area (Å²) in [5.74, 6) is 0.220. The Balaban J connectivity index is 2.34. The summed E-state index contributed by atoms with van der Waals surface area (Å²) in [4.78, 5) is 11.4. The summed E-state index contributed by atoms with van der Waals surface area (Å²) in [5.41, 5.74) is -1.31. The SMILES string of the molecule is CC(O)(CO)CNC(=O)COc1cccc(Br)c1. The fourth-order valence-corrected chi connectivity index (χ4v) is 1.48. The van der Waals surface area contributed by atoms with Gasteiger partial charge >= 0.3 is 0 Å². The molecule has 1 atom stereocenters. The smallest absolute Gasteiger partial charge is 0.258 e. The van der Waals surface area contributed by atoms with E-state index in [9.17, 15) is 9.90 Å². The molecule has 1 aromatic carbocycles. The van der Waals surface area contributed by atoms with E-state index in [0.717, 1.165) is 4.47 Å². The summed E-state index contributed by atoms with van der Waals surface area (Å²) < 4.78 is 6.13. The average Bonchev–Trinajstić information content (AvgIpc) is 2.34. The van der Waals surface area contributed by atoms with Crippen LogP contribution in [0.5, 0.6) is 5.75 Å². The van der Waals surface area contributed by atoms with E-state index in [1.54, 1.807) is 18.2 Å². The summed E-state index contributed by atoms with van der Waals surface area (Å²) in [6, 6.07) is 7.14. The third-order valence-corrected chi connectivity index (χ3v) is 2.67. The lowest BCUT2D eigenvalue weighted by Crippen LogP contribution is -2.44. The molecule has 0 aromatic heterocycles. The summed E-state index contributed by atoms with van der Waals surface area (Å²) in [7, 11) is 0. The zero-order valence-corrected chi connectivity index (χ0v) is 11.6. The van der Waals surface area contributed by atoms with Crippen LogP contribution in [-0.2, 0) is 4.79 Å². The third-order valence-electron chi connectivity index (χ3n) is 2.17. The van der Waals surface area contributed by atoms with Gasteiger partial charge < -0.3 is 20.3 Å². The third kappa shape index (κ3) is 5.48. The zero-order valence-electron chi connectivity index (χ0n) is 10.0. The van der Waals surface area contributed by atoms with E-state index in [0.29, 0.717) is 5.75 Å². The maximum absolute atomic E-state index is 11.4. The van der Waals surface area contributed by atoms with Crippen LogP contribution in [0.25, 0.3) is 0 Å². The molecule has 1 rings (SSSR count). The van der Waals surface area contributed by atoms with E-state index in [-0.39, 0.29) is 19.1 Å². The lowest BCUT2D eigenvalue weighted by molar-refractivity contribution is -0.124. The Labute approximate surface area is 114 Å². The number of halogens is 1. The molecule has 1 aromatic rings. The van der Waals surface area contributed by atoms with Crippen molar-refractivity contribution in [1.82, 2.24) is 5.32 Å². The minimum Gasteiger partial charge on any atom is -0.484 e. The van der Waals surface area contributed by atoms with Gasteiger partial charge in [-0.15, -0.1) is 0 Å². The topological polar surface area (TPSA) is 78.8 Å². The molecule has 5 nitrogen and oxygen atoms in total. The number of aliphatic hydroxyl groups is 2. The van der Waals surface area contributed by atoms with Crippen LogP contribution in [0.4, 0.5) is 0 Å². The fraction of sp³-hybridized carbons (Fsp3) is 0.417. The summed E-state index contributed by atoms with van der Waals surface area (Å²) >= 11 is 3.29. The lowest BCUT2D eigenvalue weighted by Gasteiger charge is -2.20. The van der Waals surface area contributed by atoms with Crippen molar-refractivity contribution < 1.29 is 19.7 Å². The highest BCUT2D eigenvalue weighted by Crippen LogP contribution is 2.17. The van der Waals surface area contributed by atoms with Gasteiger partial charge in [0, 0.05) is 11.0 Å². The molecule has 1 amide bonds. The molecule has 18 heavy (non-hydrogen) atoms. The van der Waals surface area contributed by atoms with Gasteiger partial charge in [0.1, 0.15) is 11.4 Å². The Morgan fingerprint density at radius 2 is 2.28 bits per heavy atom. The second kappa shape index (κ2) is 6.72. The van der Waals surface area contributed by atoms with Gasteiger partial charge in [-0.05, 0) is 25.1 Å². The van der Waals surface area contributed by atoms with Gasteiger partial charge in [0.2, 0.25) is 0 Å². The number of nitrogens with one attached hydrogen (secondary N) is 1. The molecule has 100 valence electrons. The molecule has 0 saturated heterocycles. The molecule has 0 radical (unpaired) electrons. The molecule has 6 heteroatoms. The van der Waals surface area contributed by atoms with Crippen molar-refractivity contribution in [2.45, 2.75) is 12.5 Å². The number of benzene rings is 1. The van der Waals surface area contributed by atoms with Crippen molar-refractivity contribution in [1.29, 1.82) is 0 Å². The minimum absolute atomic E-state index is 0.0236. The average molecular weight is 318 g/mol. The van der Waals surface area contributed by atoms with Crippen molar-refractivity contribution in [3.63, 3.8) is 0 Å². The predicted molar refractivity (Wildman–Crippen MR) is 70.4 cm³/mol. The largest absolute Gasteiger partial charge is 0.484 e. The number of hydrogen-bond donors (Lipinski definition) is 3. The number of aliphatic hydroxyl groups excluding tert-OH is 1. The fourth-order valence-electron chi connectivity index (χ4n) is 1.10. The molecule has 0 fully saturated rings. The van der Waals surface area contributed by atoms with E-state index in [2.05, 4.69) is 21.2 Å². The van der Waals surface area contributed by atoms with Gasteiger partial charge in [0.15, 0.2) is 6.61 Å². The first kappa shape index (κ1) is 14.9. The van der Waals surface area contributed by atoms with Crippen LogP contribution in [0.15, 0.2) is 28.7 Å². The van der Waals surface area contributed by atoms with Crippen LogP contribution in [0.3, 0.4) is 0 Å². The van der Waals surface area contributed by atoms with Crippen LogP contribution in [0.2, 0.25) is 0 Å². The zero-order chi connectivity index (χ0) is 13.6.